The molecule has 0 amide bonds. The number of nitrogens with zero attached hydrogens (tertiary/aromatic N) is 3. The van der Waals surface area contributed by atoms with E-state index in [1.807, 2.05) is 30.3 Å². The summed E-state index contributed by atoms with van der Waals surface area (Å²) in [5.41, 5.74) is -0.114. The standard InChI is InChI=1S/C21H21N3O6/c1-14(2)18-19(16-8-10-17(11-9-16)24(28)29)22(21(26)23(27)20(18)25)13-30-12-15-6-4-3-5-7-15/h3-11,14,27H,12-13H2,1-2H3. The maximum Gasteiger partial charge on any atom is 0.366 e. The molecule has 0 bridgehead atoms. The predicted molar refractivity (Wildman–Crippen MR) is 110 cm³/mol. The first-order valence-corrected chi connectivity index (χ1v) is 9.26. The second kappa shape index (κ2) is 8.75. The van der Waals surface area contributed by atoms with E-state index in [0.717, 1.165) is 10.1 Å². The van der Waals surface area contributed by atoms with E-state index in [1.165, 1.54) is 24.3 Å². The highest BCUT2D eigenvalue weighted by Gasteiger charge is 2.23. The van der Waals surface area contributed by atoms with E-state index in [9.17, 15) is 24.9 Å². The summed E-state index contributed by atoms with van der Waals surface area (Å²) < 4.78 is 6.89. The normalized spacial score (nSPS) is 11.0. The van der Waals surface area contributed by atoms with Crippen LogP contribution in [0.3, 0.4) is 0 Å². The van der Waals surface area contributed by atoms with Crippen molar-refractivity contribution in [1.82, 2.24) is 9.30 Å². The van der Waals surface area contributed by atoms with E-state index >= 15 is 0 Å². The molecule has 0 unspecified atom stereocenters. The number of nitro groups is 1. The van der Waals surface area contributed by atoms with Gasteiger partial charge in [-0.3, -0.25) is 19.5 Å². The number of hydrogen-bond acceptors (Lipinski definition) is 6. The second-order valence-corrected chi connectivity index (χ2v) is 7.01. The fourth-order valence-electron chi connectivity index (χ4n) is 3.18. The fraction of sp³-hybridized carbons (Fsp3) is 0.238. The summed E-state index contributed by atoms with van der Waals surface area (Å²) in [4.78, 5) is 35.7. The zero-order valence-electron chi connectivity index (χ0n) is 16.5. The molecule has 1 heterocycles. The van der Waals surface area contributed by atoms with Crippen molar-refractivity contribution in [2.75, 3.05) is 0 Å². The monoisotopic (exact) mass is 411 g/mol. The van der Waals surface area contributed by atoms with Crippen LogP contribution in [0.15, 0.2) is 64.2 Å². The quantitative estimate of drug-likeness (QED) is 0.363. The number of benzene rings is 2. The molecule has 3 aromatic rings. The largest absolute Gasteiger partial charge is 0.421 e. The summed E-state index contributed by atoms with van der Waals surface area (Å²) in [5, 5.41) is 21.0. The van der Waals surface area contributed by atoms with Gasteiger partial charge in [-0.2, -0.15) is 0 Å². The van der Waals surface area contributed by atoms with Crippen LogP contribution in [0.5, 0.6) is 0 Å². The first-order chi connectivity index (χ1) is 14.3. The molecule has 0 aliphatic carbocycles. The van der Waals surface area contributed by atoms with Crippen LogP contribution < -0.4 is 11.2 Å². The van der Waals surface area contributed by atoms with Crippen LogP contribution in [0.2, 0.25) is 0 Å². The Morgan fingerprint density at radius 1 is 1.07 bits per heavy atom. The lowest BCUT2D eigenvalue weighted by molar-refractivity contribution is -0.384. The first kappa shape index (κ1) is 21.0. The molecular formula is C21H21N3O6. The highest BCUT2D eigenvalue weighted by atomic mass is 16.6. The van der Waals surface area contributed by atoms with Gasteiger partial charge >= 0.3 is 5.69 Å². The van der Waals surface area contributed by atoms with Crippen molar-refractivity contribution in [2.45, 2.75) is 33.1 Å². The zero-order valence-corrected chi connectivity index (χ0v) is 16.5. The van der Waals surface area contributed by atoms with Crippen LogP contribution in [0, 0.1) is 10.1 Å². The maximum absolute atomic E-state index is 12.7. The average molecular weight is 411 g/mol. The molecule has 0 aliphatic rings. The molecular weight excluding hydrogens is 390 g/mol. The molecule has 0 radical (unpaired) electrons. The van der Waals surface area contributed by atoms with Crippen LogP contribution >= 0.6 is 0 Å². The molecule has 1 aromatic heterocycles. The van der Waals surface area contributed by atoms with Gasteiger partial charge in [-0.25, -0.2) is 4.79 Å². The lowest BCUT2D eigenvalue weighted by atomic mass is 9.98. The number of rotatable bonds is 7. The molecule has 30 heavy (non-hydrogen) atoms. The summed E-state index contributed by atoms with van der Waals surface area (Å²) >= 11 is 0. The van der Waals surface area contributed by atoms with Crippen molar-refractivity contribution in [3.8, 4) is 11.3 Å². The van der Waals surface area contributed by atoms with Crippen molar-refractivity contribution in [2.24, 2.45) is 0 Å². The van der Waals surface area contributed by atoms with E-state index < -0.39 is 16.2 Å². The number of hydrogen-bond donors (Lipinski definition) is 1. The third-order valence-corrected chi connectivity index (χ3v) is 4.62. The second-order valence-electron chi connectivity index (χ2n) is 7.01. The van der Waals surface area contributed by atoms with Gasteiger partial charge in [-0.1, -0.05) is 48.9 Å². The third-order valence-electron chi connectivity index (χ3n) is 4.62. The van der Waals surface area contributed by atoms with E-state index in [-0.39, 0.29) is 40.9 Å². The van der Waals surface area contributed by atoms with Gasteiger partial charge in [0.25, 0.3) is 11.2 Å². The van der Waals surface area contributed by atoms with E-state index in [0.29, 0.717) is 5.56 Å². The van der Waals surface area contributed by atoms with E-state index in [4.69, 9.17) is 4.74 Å². The number of non-ortho nitro benzene ring substituents is 1. The number of aromatic nitrogens is 2. The molecule has 156 valence electrons. The third kappa shape index (κ3) is 4.15. The summed E-state index contributed by atoms with van der Waals surface area (Å²) in [5.74, 6) is -0.331. The summed E-state index contributed by atoms with van der Waals surface area (Å²) in [7, 11) is 0. The molecule has 0 atom stereocenters. The molecule has 1 N–H and O–H groups in total. The Hall–Kier alpha value is -3.72. The molecule has 0 aliphatic heterocycles. The van der Waals surface area contributed by atoms with Crippen molar-refractivity contribution in [3.63, 3.8) is 0 Å². The Morgan fingerprint density at radius 2 is 1.70 bits per heavy atom. The molecule has 0 spiro atoms. The maximum atomic E-state index is 12.7. The molecule has 9 nitrogen and oxygen atoms in total. The Morgan fingerprint density at radius 3 is 2.27 bits per heavy atom. The average Bonchev–Trinajstić information content (AvgIpc) is 2.74. The topological polar surface area (TPSA) is 117 Å². The van der Waals surface area contributed by atoms with E-state index in [1.54, 1.807) is 13.8 Å². The van der Waals surface area contributed by atoms with Crippen molar-refractivity contribution in [1.29, 1.82) is 0 Å². The van der Waals surface area contributed by atoms with Crippen molar-refractivity contribution >= 4 is 5.69 Å². The molecule has 3 rings (SSSR count). The Kier molecular flexibility index (Phi) is 6.12. The Bertz CT molecular complexity index is 1160. The summed E-state index contributed by atoms with van der Waals surface area (Å²) in [6.45, 7) is 3.51. The van der Waals surface area contributed by atoms with Crippen molar-refractivity contribution in [3.05, 3.63) is 96.7 Å². The summed E-state index contributed by atoms with van der Waals surface area (Å²) in [6, 6.07) is 14.8. The lowest BCUT2D eigenvalue weighted by Crippen LogP contribution is -2.42. The number of ether oxygens (including phenoxy) is 1. The van der Waals surface area contributed by atoms with E-state index in [2.05, 4.69) is 0 Å². The van der Waals surface area contributed by atoms with Gasteiger partial charge < -0.3 is 9.94 Å². The molecule has 0 fully saturated rings. The molecule has 2 aromatic carbocycles. The highest BCUT2D eigenvalue weighted by Crippen LogP contribution is 2.27. The minimum Gasteiger partial charge on any atom is -0.421 e. The van der Waals surface area contributed by atoms with Gasteiger partial charge in [-0.15, -0.1) is 0 Å². The Labute approximate surface area is 171 Å². The first-order valence-electron chi connectivity index (χ1n) is 9.26. The molecule has 9 heteroatoms. The van der Waals surface area contributed by atoms with Crippen LogP contribution in [-0.4, -0.2) is 19.4 Å². The van der Waals surface area contributed by atoms with Crippen LogP contribution in [-0.2, 0) is 18.1 Å². The van der Waals surface area contributed by atoms with Gasteiger partial charge in [0.2, 0.25) is 0 Å². The fourth-order valence-corrected chi connectivity index (χ4v) is 3.18. The minimum absolute atomic E-state index is 0.0656. The minimum atomic E-state index is -0.953. The van der Waals surface area contributed by atoms with Crippen LogP contribution in [0.1, 0.15) is 30.9 Å². The van der Waals surface area contributed by atoms with Gasteiger partial charge in [0.05, 0.1) is 17.2 Å². The number of nitro benzene ring substituents is 1. The molecule has 0 saturated carbocycles. The summed E-state index contributed by atoms with van der Waals surface area (Å²) in [6.07, 6.45) is 0. The highest BCUT2D eigenvalue weighted by molar-refractivity contribution is 5.65. The smallest absolute Gasteiger partial charge is 0.366 e. The predicted octanol–water partition coefficient (Wildman–Crippen LogP) is 3.12. The SMILES string of the molecule is CC(C)c1c(-c2ccc([N+](=O)[O-])cc2)n(COCc2ccccc2)c(=O)n(O)c1=O. The van der Waals surface area contributed by atoms with Crippen LogP contribution in [0.25, 0.3) is 11.3 Å². The van der Waals surface area contributed by atoms with Gasteiger partial charge in [0.1, 0.15) is 6.73 Å². The van der Waals surface area contributed by atoms with Gasteiger partial charge in [0.15, 0.2) is 0 Å². The van der Waals surface area contributed by atoms with Gasteiger partial charge in [-0.05, 0) is 29.2 Å². The van der Waals surface area contributed by atoms with Gasteiger partial charge in [0, 0.05) is 17.7 Å². The lowest BCUT2D eigenvalue weighted by Gasteiger charge is -2.19. The van der Waals surface area contributed by atoms with Crippen LogP contribution in [0.4, 0.5) is 5.69 Å². The zero-order chi connectivity index (χ0) is 21.8. The Balaban J connectivity index is 2.10. The van der Waals surface area contributed by atoms with Crippen molar-refractivity contribution < 1.29 is 14.9 Å². The molecule has 0 saturated heterocycles.